The van der Waals surface area contributed by atoms with E-state index in [0.29, 0.717) is 53.2 Å². The highest BCUT2D eigenvalue weighted by atomic mass is 19.4. The van der Waals surface area contributed by atoms with Gasteiger partial charge in [0.25, 0.3) is 0 Å². The minimum Gasteiger partial charge on any atom is -0.493 e. The summed E-state index contributed by atoms with van der Waals surface area (Å²) in [5.41, 5.74) is 5.46. The summed E-state index contributed by atoms with van der Waals surface area (Å²) in [6.45, 7) is 3.56. The van der Waals surface area contributed by atoms with Crippen LogP contribution < -0.4 is 20.5 Å². The van der Waals surface area contributed by atoms with Crippen molar-refractivity contribution in [2.75, 3.05) is 38.0 Å². The van der Waals surface area contributed by atoms with E-state index >= 15 is 0 Å². The second-order valence-electron chi connectivity index (χ2n) is 7.80. The van der Waals surface area contributed by atoms with Gasteiger partial charge >= 0.3 is 6.18 Å². The van der Waals surface area contributed by atoms with Crippen molar-refractivity contribution in [3.8, 4) is 11.5 Å². The van der Waals surface area contributed by atoms with E-state index in [2.05, 4.69) is 20.3 Å². The van der Waals surface area contributed by atoms with E-state index in [1.165, 1.54) is 0 Å². The third-order valence-corrected chi connectivity index (χ3v) is 5.25. The number of methoxy groups -OCH3 is 1. The molecule has 1 aliphatic heterocycles. The monoisotopic (exact) mass is 463 g/mol. The Balaban J connectivity index is 1.62. The molecule has 3 heterocycles. The maximum absolute atomic E-state index is 13.1. The van der Waals surface area contributed by atoms with Crippen LogP contribution in [0.5, 0.6) is 11.5 Å². The third kappa shape index (κ3) is 5.36. The number of aryl methyl sites for hydroxylation is 1. The number of hydrogen-bond acceptors (Lipinski definition) is 8. The molecular weight excluding hydrogens is 439 g/mol. The summed E-state index contributed by atoms with van der Waals surface area (Å²) < 4.78 is 56.2. The first-order valence-electron chi connectivity index (χ1n) is 10.4. The van der Waals surface area contributed by atoms with Gasteiger partial charge in [-0.3, -0.25) is 0 Å². The van der Waals surface area contributed by atoms with Gasteiger partial charge in [-0.25, -0.2) is 15.0 Å². The van der Waals surface area contributed by atoms with Crippen molar-refractivity contribution in [2.45, 2.75) is 26.1 Å². The van der Waals surface area contributed by atoms with Gasteiger partial charge < -0.3 is 25.3 Å². The Morgan fingerprint density at radius 3 is 2.67 bits per heavy atom. The number of halogens is 3. The molecule has 33 heavy (non-hydrogen) atoms. The largest absolute Gasteiger partial charge is 0.493 e. The average molecular weight is 463 g/mol. The molecule has 0 aliphatic carbocycles. The Morgan fingerprint density at radius 2 is 1.97 bits per heavy atom. The van der Waals surface area contributed by atoms with E-state index in [9.17, 15) is 13.2 Å². The molecule has 8 nitrogen and oxygen atoms in total. The molecule has 2 aromatic heterocycles. The maximum atomic E-state index is 13.1. The summed E-state index contributed by atoms with van der Waals surface area (Å²) in [6, 6.07) is 5.27. The average Bonchev–Trinajstić information content (AvgIpc) is 3.28. The molecule has 1 fully saturated rings. The number of nitrogens with zero attached hydrogens (tertiary/aromatic N) is 3. The van der Waals surface area contributed by atoms with Crippen LogP contribution in [0.2, 0.25) is 0 Å². The van der Waals surface area contributed by atoms with Gasteiger partial charge in [0.15, 0.2) is 11.5 Å². The van der Waals surface area contributed by atoms with Gasteiger partial charge in [-0.1, -0.05) is 0 Å². The predicted octanol–water partition coefficient (Wildman–Crippen LogP) is 3.97. The number of aromatic nitrogens is 3. The fraction of sp³-hybridized carbons (Fsp3) is 0.409. The van der Waals surface area contributed by atoms with Gasteiger partial charge in [0.1, 0.15) is 17.5 Å². The Kier molecular flexibility index (Phi) is 6.41. The molecule has 3 N–H and O–H groups in total. The molecule has 1 aromatic carbocycles. The van der Waals surface area contributed by atoms with Gasteiger partial charge in [0.05, 0.1) is 43.6 Å². The van der Waals surface area contributed by atoms with Crippen LogP contribution in [-0.2, 0) is 17.5 Å². The molecule has 0 radical (unpaired) electrons. The molecule has 0 unspecified atom stereocenters. The normalized spacial score (nSPS) is 16.2. The van der Waals surface area contributed by atoms with Crippen LogP contribution >= 0.6 is 0 Å². The zero-order valence-electron chi connectivity index (χ0n) is 18.2. The molecular formula is C22H24F3N5O3. The molecule has 1 aliphatic rings. The van der Waals surface area contributed by atoms with Crippen molar-refractivity contribution in [3.05, 3.63) is 41.3 Å². The topological polar surface area (TPSA) is 104 Å². The van der Waals surface area contributed by atoms with Crippen molar-refractivity contribution in [1.29, 1.82) is 0 Å². The summed E-state index contributed by atoms with van der Waals surface area (Å²) in [5, 5.41) is 3.70. The lowest BCUT2D eigenvalue weighted by atomic mass is 10.1. The SMILES string of the molecule is COc1cc2nc(C)nc(NCc3cc(C(F)(F)F)cc(N)n3)c2cc1OC[C@H]1CCOC1. The molecule has 1 atom stereocenters. The number of nitrogens with one attached hydrogen (secondary N) is 1. The number of pyridine rings is 1. The second kappa shape index (κ2) is 9.26. The highest BCUT2D eigenvalue weighted by Gasteiger charge is 2.31. The number of hydrogen-bond donors (Lipinski definition) is 2. The number of alkyl halides is 3. The molecule has 176 valence electrons. The fourth-order valence-electron chi connectivity index (χ4n) is 3.62. The molecule has 3 aromatic rings. The Morgan fingerprint density at radius 1 is 1.15 bits per heavy atom. The van der Waals surface area contributed by atoms with Crippen molar-refractivity contribution >= 4 is 22.5 Å². The lowest BCUT2D eigenvalue weighted by Crippen LogP contribution is -2.12. The van der Waals surface area contributed by atoms with Gasteiger partial charge in [-0.2, -0.15) is 13.2 Å². The van der Waals surface area contributed by atoms with Gasteiger partial charge in [0, 0.05) is 24.0 Å². The molecule has 0 saturated carbocycles. The number of nitrogen functional groups attached to an aromatic ring is 1. The van der Waals surface area contributed by atoms with Crippen LogP contribution in [0.25, 0.3) is 10.9 Å². The quantitative estimate of drug-likeness (QED) is 0.543. The number of anilines is 2. The van der Waals surface area contributed by atoms with Crippen molar-refractivity contribution in [1.82, 2.24) is 15.0 Å². The molecule has 1 saturated heterocycles. The minimum atomic E-state index is -4.52. The lowest BCUT2D eigenvalue weighted by Gasteiger charge is -2.16. The van der Waals surface area contributed by atoms with E-state index < -0.39 is 11.7 Å². The van der Waals surface area contributed by atoms with Crippen LogP contribution in [0.4, 0.5) is 24.8 Å². The molecule has 4 rings (SSSR count). The minimum absolute atomic E-state index is 0.0126. The predicted molar refractivity (Wildman–Crippen MR) is 116 cm³/mol. The summed E-state index contributed by atoms with van der Waals surface area (Å²) in [7, 11) is 1.55. The first-order valence-corrected chi connectivity index (χ1v) is 10.4. The van der Waals surface area contributed by atoms with Crippen molar-refractivity contribution < 1.29 is 27.4 Å². The fourth-order valence-corrected chi connectivity index (χ4v) is 3.62. The standard InChI is InChI=1S/C22H24F3N5O3/c1-12-28-17-8-18(31-2)19(33-11-13-3-4-32-10-13)7-16(17)21(29-12)27-9-15-5-14(22(23,24)25)6-20(26)30-15/h5-8,13H,3-4,9-11H2,1-2H3,(H2,26,30)(H,27,28,29)/t13-/m0/s1. The van der Waals surface area contributed by atoms with E-state index in [0.717, 1.165) is 25.2 Å². The van der Waals surface area contributed by atoms with Crippen LogP contribution in [0.1, 0.15) is 23.5 Å². The number of ether oxygens (including phenoxy) is 3. The van der Waals surface area contributed by atoms with Crippen LogP contribution in [0.3, 0.4) is 0 Å². The number of benzene rings is 1. The highest BCUT2D eigenvalue weighted by Crippen LogP contribution is 2.35. The van der Waals surface area contributed by atoms with E-state index in [1.807, 2.05) is 0 Å². The second-order valence-corrected chi connectivity index (χ2v) is 7.80. The maximum Gasteiger partial charge on any atom is 0.416 e. The van der Waals surface area contributed by atoms with Crippen LogP contribution in [-0.4, -0.2) is 41.9 Å². The highest BCUT2D eigenvalue weighted by molar-refractivity contribution is 5.91. The molecule has 11 heteroatoms. The lowest BCUT2D eigenvalue weighted by molar-refractivity contribution is -0.137. The Hall–Kier alpha value is -3.34. The smallest absolute Gasteiger partial charge is 0.416 e. The van der Waals surface area contributed by atoms with Crippen LogP contribution in [0.15, 0.2) is 24.3 Å². The van der Waals surface area contributed by atoms with Crippen molar-refractivity contribution in [2.24, 2.45) is 5.92 Å². The zero-order chi connectivity index (χ0) is 23.6. The van der Waals surface area contributed by atoms with E-state index in [4.69, 9.17) is 19.9 Å². The summed E-state index contributed by atoms with van der Waals surface area (Å²) in [6.07, 6.45) is -3.59. The first-order chi connectivity index (χ1) is 15.7. The number of nitrogens with two attached hydrogens (primary N) is 1. The van der Waals surface area contributed by atoms with Gasteiger partial charge in [-0.05, 0) is 31.5 Å². The molecule has 0 bridgehead atoms. The summed E-state index contributed by atoms with van der Waals surface area (Å²) in [4.78, 5) is 12.9. The van der Waals surface area contributed by atoms with Crippen molar-refractivity contribution in [3.63, 3.8) is 0 Å². The summed E-state index contributed by atoms with van der Waals surface area (Å²) >= 11 is 0. The Labute approximate surface area is 188 Å². The zero-order valence-corrected chi connectivity index (χ0v) is 18.2. The van der Waals surface area contributed by atoms with Gasteiger partial charge in [0.2, 0.25) is 0 Å². The number of fused-ring (bicyclic) bond motifs is 1. The first kappa shape index (κ1) is 22.8. The molecule has 0 spiro atoms. The van der Waals surface area contributed by atoms with Crippen LogP contribution in [0, 0.1) is 12.8 Å². The Bertz CT molecular complexity index is 1150. The van der Waals surface area contributed by atoms with Gasteiger partial charge in [-0.15, -0.1) is 0 Å². The van der Waals surface area contributed by atoms with E-state index in [1.54, 1.807) is 26.2 Å². The summed E-state index contributed by atoms with van der Waals surface area (Å²) in [5.74, 6) is 2.07. The number of rotatable bonds is 7. The third-order valence-electron chi connectivity index (χ3n) is 5.25. The molecule has 0 amide bonds. The van der Waals surface area contributed by atoms with E-state index in [-0.39, 0.29) is 18.1 Å².